The number of para-hydroxylation sites is 1. The lowest BCUT2D eigenvalue weighted by atomic mass is 9.89. The average Bonchev–Trinajstić information content (AvgIpc) is 3.01. The number of likely N-dealkylation sites (N-methyl/N-ethyl adjacent to an activating group) is 1. The van der Waals surface area contributed by atoms with Crippen molar-refractivity contribution in [2.75, 3.05) is 19.4 Å². The highest BCUT2D eigenvalue weighted by atomic mass is 19.1. The topological polar surface area (TPSA) is 129 Å². The normalized spacial score (nSPS) is 14.7. The lowest BCUT2D eigenvalue weighted by Crippen LogP contribution is -2.40. The number of aromatic nitrogens is 1. The SMILES string of the molecule is C=CC(=O)N(C)C(CO)CC(c1[nH]c(N)c(/C=C(\N)c2ccccc2O)c1C)C(C)F. The molecular formula is C23H31FN4O3. The number of nitrogen functional groups attached to an aromatic ring is 1. The number of phenols is 1. The Balaban J connectivity index is 2.43. The number of carbonyl (C=O) groups excluding carboxylic acids is 1. The lowest BCUT2D eigenvalue weighted by molar-refractivity contribution is -0.127. The number of hydrogen-bond donors (Lipinski definition) is 5. The van der Waals surface area contributed by atoms with Crippen molar-refractivity contribution in [3.63, 3.8) is 0 Å². The van der Waals surface area contributed by atoms with Crippen molar-refractivity contribution in [3.8, 4) is 5.75 Å². The molecule has 1 amide bonds. The van der Waals surface area contributed by atoms with E-state index in [-0.39, 0.29) is 24.7 Å². The van der Waals surface area contributed by atoms with Gasteiger partial charge < -0.3 is 31.6 Å². The first-order valence-corrected chi connectivity index (χ1v) is 9.99. The number of nitrogens with zero attached hydrogens (tertiary/aromatic N) is 1. The molecule has 8 heteroatoms. The first-order valence-electron chi connectivity index (χ1n) is 9.99. The fourth-order valence-electron chi connectivity index (χ4n) is 3.67. The van der Waals surface area contributed by atoms with Gasteiger partial charge in [0.2, 0.25) is 5.91 Å². The van der Waals surface area contributed by atoms with Crippen LogP contribution in [0.2, 0.25) is 0 Å². The number of anilines is 1. The van der Waals surface area contributed by atoms with Gasteiger partial charge in [-0.2, -0.15) is 0 Å². The smallest absolute Gasteiger partial charge is 0.246 e. The van der Waals surface area contributed by atoms with E-state index in [1.165, 1.54) is 17.9 Å². The molecule has 1 heterocycles. The molecule has 0 aliphatic carbocycles. The molecule has 7 nitrogen and oxygen atoms in total. The summed E-state index contributed by atoms with van der Waals surface area (Å²) in [4.78, 5) is 16.3. The number of nitrogens with two attached hydrogens (primary N) is 2. The summed E-state index contributed by atoms with van der Waals surface area (Å²) in [7, 11) is 1.54. The summed E-state index contributed by atoms with van der Waals surface area (Å²) in [5.41, 5.74) is 15.0. The van der Waals surface area contributed by atoms with E-state index in [1.807, 2.05) is 0 Å². The summed E-state index contributed by atoms with van der Waals surface area (Å²) in [5.74, 6) is -0.647. The van der Waals surface area contributed by atoms with Crippen molar-refractivity contribution in [2.45, 2.75) is 38.4 Å². The molecule has 0 radical (unpaired) electrons. The number of aromatic hydroxyl groups is 1. The minimum Gasteiger partial charge on any atom is -0.507 e. The number of rotatable bonds is 9. The summed E-state index contributed by atoms with van der Waals surface area (Å²) in [6.07, 6.45) is 1.70. The Hall–Kier alpha value is -3.26. The van der Waals surface area contributed by atoms with Crippen molar-refractivity contribution in [1.82, 2.24) is 9.88 Å². The maximum atomic E-state index is 14.7. The summed E-state index contributed by atoms with van der Waals surface area (Å²) >= 11 is 0. The average molecular weight is 431 g/mol. The predicted octanol–water partition coefficient (Wildman–Crippen LogP) is 2.90. The van der Waals surface area contributed by atoms with E-state index in [0.717, 1.165) is 6.08 Å². The Bertz CT molecular complexity index is 968. The Kier molecular flexibility index (Phi) is 7.88. The van der Waals surface area contributed by atoms with Crippen LogP contribution in [0.25, 0.3) is 11.8 Å². The van der Waals surface area contributed by atoms with Crippen molar-refractivity contribution < 1.29 is 19.4 Å². The molecule has 0 aliphatic heterocycles. The first-order chi connectivity index (χ1) is 14.6. The number of alkyl halides is 1. The van der Waals surface area contributed by atoms with E-state index in [4.69, 9.17) is 11.5 Å². The van der Waals surface area contributed by atoms with Gasteiger partial charge in [0.15, 0.2) is 0 Å². The standard InChI is InChI=1S/C23H31FN4O3/c1-5-21(31)28(4)15(12-29)10-18(14(3)24)22-13(2)17(23(26)27-22)11-19(25)16-8-6-7-9-20(16)30/h5-9,11,14-15,18,27,29-30H,1,10,12,25-26H2,2-4H3/b19-11-. The quantitative estimate of drug-likeness (QED) is 0.391. The van der Waals surface area contributed by atoms with Crippen LogP contribution in [0.5, 0.6) is 5.75 Å². The molecule has 7 N–H and O–H groups in total. The monoisotopic (exact) mass is 430 g/mol. The van der Waals surface area contributed by atoms with Crippen molar-refractivity contribution in [1.29, 1.82) is 0 Å². The number of phenolic OH excluding ortho intramolecular Hbond substituents is 1. The maximum absolute atomic E-state index is 14.7. The Morgan fingerprint density at radius 2 is 2.03 bits per heavy atom. The van der Waals surface area contributed by atoms with Crippen molar-refractivity contribution >= 4 is 23.5 Å². The zero-order chi connectivity index (χ0) is 23.3. The first kappa shape index (κ1) is 24.0. The zero-order valence-corrected chi connectivity index (χ0v) is 18.1. The zero-order valence-electron chi connectivity index (χ0n) is 18.1. The van der Waals surface area contributed by atoms with Gasteiger partial charge in [-0.25, -0.2) is 4.39 Å². The van der Waals surface area contributed by atoms with Crippen molar-refractivity contribution in [3.05, 3.63) is 59.3 Å². The summed E-state index contributed by atoms with van der Waals surface area (Å²) in [5, 5.41) is 19.8. The number of aliphatic hydroxyl groups excluding tert-OH is 1. The lowest BCUT2D eigenvalue weighted by Gasteiger charge is -2.30. The van der Waals surface area contributed by atoms with Gasteiger partial charge in [0.1, 0.15) is 17.7 Å². The van der Waals surface area contributed by atoms with E-state index >= 15 is 0 Å². The van der Waals surface area contributed by atoms with Crippen LogP contribution in [0.1, 0.15) is 41.6 Å². The fourth-order valence-corrected chi connectivity index (χ4v) is 3.67. The molecule has 3 unspecified atom stereocenters. The molecule has 31 heavy (non-hydrogen) atoms. The number of aromatic amines is 1. The number of amides is 1. The largest absolute Gasteiger partial charge is 0.507 e. The molecule has 0 aliphatic rings. The van der Waals surface area contributed by atoms with Crippen LogP contribution in [0.4, 0.5) is 10.2 Å². The van der Waals surface area contributed by atoms with E-state index in [0.29, 0.717) is 33.9 Å². The number of aliphatic hydroxyl groups is 1. The van der Waals surface area contributed by atoms with Crippen LogP contribution in [0.15, 0.2) is 36.9 Å². The molecule has 3 atom stereocenters. The molecule has 2 rings (SSSR count). The molecule has 1 aromatic heterocycles. The highest BCUT2D eigenvalue weighted by Crippen LogP contribution is 2.35. The third-order valence-electron chi connectivity index (χ3n) is 5.61. The van der Waals surface area contributed by atoms with Crippen molar-refractivity contribution in [2.24, 2.45) is 5.73 Å². The van der Waals surface area contributed by atoms with Gasteiger partial charge in [-0.15, -0.1) is 0 Å². The van der Waals surface area contributed by atoms with Crippen LogP contribution >= 0.6 is 0 Å². The molecule has 0 bridgehead atoms. The summed E-state index contributed by atoms with van der Waals surface area (Å²) in [6, 6.07) is 6.07. The van der Waals surface area contributed by atoms with Gasteiger partial charge in [0.05, 0.1) is 12.6 Å². The highest BCUT2D eigenvalue weighted by Gasteiger charge is 2.30. The Morgan fingerprint density at radius 1 is 1.39 bits per heavy atom. The number of carbonyl (C=O) groups is 1. The summed E-state index contributed by atoms with van der Waals surface area (Å²) in [6.45, 7) is 6.36. The highest BCUT2D eigenvalue weighted by molar-refractivity contribution is 5.87. The minimum atomic E-state index is -1.27. The van der Waals surface area contributed by atoms with Gasteiger partial charge in [-0.1, -0.05) is 18.7 Å². The molecule has 0 spiro atoms. The third-order valence-corrected chi connectivity index (χ3v) is 5.61. The number of halogens is 1. The van der Waals surface area contributed by atoms with Gasteiger partial charge in [-0.3, -0.25) is 4.79 Å². The molecule has 2 aromatic rings. The van der Waals surface area contributed by atoms with Crippen LogP contribution in [0, 0.1) is 6.92 Å². The van der Waals surface area contributed by atoms with E-state index < -0.39 is 18.1 Å². The van der Waals surface area contributed by atoms with Crippen LogP contribution in [-0.4, -0.2) is 51.9 Å². The maximum Gasteiger partial charge on any atom is 0.246 e. The predicted molar refractivity (Wildman–Crippen MR) is 122 cm³/mol. The molecule has 0 saturated carbocycles. The van der Waals surface area contributed by atoms with Gasteiger partial charge >= 0.3 is 0 Å². The number of hydrogen-bond acceptors (Lipinski definition) is 5. The molecule has 168 valence electrons. The van der Waals surface area contributed by atoms with E-state index in [9.17, 15) is 19.4 Å². The number of benzene rings is 1. The van der Waals surface area contributed by atoms with Crippen LogP contribution in [-0.2, 0) is 4.79 Å². The second kappa shape index (κ2) is 10.2. The number of H-pyrrole nitrogens is 1. The molecule has 1 aromatic carbocycles. The van der Waals surface area contributed by atoms with Gasteiger partial charge in [0, 0.05) is 35.5 Å². The van der Waals surface area contributed by atoms with E-state index in [1.54, 1.807) is 38.2 Å². The number of nitrogens with one attached hydrogen (secondary N) is 1. The molecular weight excluding hydrogens is 399 g/mol. The van der Waals surface area contributed by atoms with Gasteiger partial charge in [-0.05, 0) is 50.1 Å². The van der Waals surface area contributed by atoms with E-state index in [2.05, 4.69) is 11.6 Å². The summed E-state index contributed by atoms with van der Waals surface area (Å²) < 4.78 is 14.7. The second-order valence-corrected chi connectivity index (χ2v) is 7.62. The molecule has 0 fully saturated rings. The van der Waals surface area contributed by atoms with Crippen LogP contribution in [0.3, 0.4) is 0 Å². The Morgan fingerprint density at radius 3 is 2.58 bits per heavy atom. The van der Waals surface area contributed by atoms with Crippen LogP contribution < -0.4 is 11.5 Å². The minimum absolute atomic E-state index is 0.0409. The molecule has 0 saturated heterocycles. The van der Waals surface area contributed by atoms with Gasteiger partial charge in [0.25, 0.3) is 0 Å². The third kappa shape index (κ3) is 5.27. The second-order valence-electron chi connectivity index (χ2n) is 7.62. The Labute approximate surface area is 181 Å². The fraction of sp³-hybridized carbons (Fsp3) is 0.348.